The smallest absolute Gasteiger partial charge is 0.242 e. The zero-order valence-electron chi connectivity index (χ0n) is 9.93. The molecule has 0 aliphatic rings. The Morgan fingerprint density at radius 1 is 1.47 bits per heavy atom. The van der Waals surface area contributed by atoms with Crippen molar-refractivity contribution in [2.45, 2.75) is 19.1 Å². The third-order valence-electron chi connectivity index (χ3n) is 2.69. The van der Waals surface area contributed by atoms with Gasteiger partial charge in [0.2, 0.25) is 5.91 Å². The predicted octanol–water partition coefficient (Wildman–Crippen LogP) is 0.665. The molecule has 0 unspecified atom stereocenters. The van der Waals surface area contributed by atoms with Crippen LogP contribution in [-0.4, -0.2) is 35.5 Å². The molecule has 0 fully saturated rings. The van der Waals surface area contributed by atoms with Gasteiger partial charge in [-0.1, -0.05) is 12.1 Å². The zero-order valence-corrected chi connectivity index (χ0v) is 9.93. The molecule has 1 aromatic rings. The average molecular weight is 240 g/mol. The van der Waals surface area contributed by atoms with E-state index in [1.807, 2.05) is 6.92 Å². The van der Waals surface area contributed by atoms with Crippen molar-refractivity contribution in [1.82, 2.24) is 4.90 Å². The molecule has 94 valence electrons. The second-order valence-electron chi connectivity index (χ2n) is 3.87. The Hall–Kier alpha value is -1.46. The maximum absolute atomic E-state index is 12.7. The largest absolute Gasteiger partial charge is 0.386 e. The van der Waals surface area contributed by atoms with Crippen LogP contribution in [0.1, 0.15) is 18.6 Å². The van der Waals surface area contributed by atoms with E-state index in [4.69, 9.17) is 5.73 Å². The lowest BCUT2D eigenvalue weighted by Crippen LogP contribution is -2.45. The summed E-state index contributed by atoms with van der Waals surface area (Å²) in [6, 6.07) is 4.24. The van der Waals surface area contributed by atoms with E-state index >= 15 is 0 Å². The highest BCUT2D eigenvalue weighted by atomic mass is 19.1. The molecule has 2 atom stereocenters. The maximum Gasteiger partial charge on any atom is 0.242 e. The summed E-state index contributed by atoms with van der Waals surface area (Å²) in [5.41, 5.74) is 6.10. The normalized spacial score (nSPS) is 14.2. The molecule has 1 aromatic carbocycles. The highest BCUT2D eigenvalue weighted by molar-refractivity contribution is 5.82. The summed E-state index contributed by atoms with van der Waals surface area (Å²) in [6.07, 6.45) is -1.13. The van der Waals surface area contributed by atoms with Gasteiger partial charge in [0.25, 0.3) is 0 Å². The van der Waals surface area contributed by atoms with Crippen molar-refractivity contribution in [2.75, 3.05) is 13.6 Å². The number of aliphatic hydroxyl groups is 1. The van der Waals surface area contributed by atoms with Gasteiger partial charge in [0.1, 0.15) is 18.0 Å². The molecule has 0 aromatic heterocycles. The number of carbonyl (C=O) groups excluding carboxylic acids is 1. The molecule has 3 N–H and O–H groups in total. The molecule has 0 heterocycles. The standard InChI is InChI=1S/C12H17FN2O2/c1-3-15(2)12(17)10(14)11(16)8-4-6-9(13)7-5-8/h4-7,10-11,16H,3,14H2,1-2H3/t10-,11+/m1/s1. The average Bonchev–Trinajstić information content (AvgIpc) is 2.36. The Balaban J connectivity index is 2.79. The van der Waals surface area contributed by atoms with Gasteiger partial charge >= 0.3 is 0 Å². The Kier molecular flexibility index (Phi) is 4.60. The van der Waals surface area contributed by atoms with E-state index in [0.717, 1.165) is 0 Å². The fourth-order valence-electron chi connectivity index (χ4n) is 1.41. The second-order valence-corrected chi connectivity index (χ2v) is 3.87. The third-order valence-corrected chi connectivity index (χ3v) is 2.69. The Bertz CT molecular complexity index is 381. The molecular weight excluding hydrogens is 223 g/mol. The Labute approximate surface area is 99.8 Å². The van der Waals surface area contributed by atoms with Crippen LogP contribution >= 0.6 is 0 Å². The molecule has 0 aliphatic heterocycles. The van der Waals surface area contributed by atoms with Gasteiger partial charge in [-0.25, -0.2) is 4.39 Å². The number of rotatable bonds is 4. The molecule has 0 aliphatic carbocycles. The molecule has 1 amide bonds. The summed E-state index contributed by atoms with van der Waals surface area (Å²) in [5.74, 6) is -0.740. The molecule has 17 heavy (non-hydrogen) atoms. The summed E-state index contributed by atoms with van der Waals surface area (Å²) < 4.78 is 12.7. The number of amides is 1. The van der Waals surface area contributed by atoms with E-state index < -0.39 is 18.0 Å². The quantitative estimate of drug-likeness (QED) is 0.812. The highest BCUT2D eigenvalue weighted by Gasteiger charge is 2.26. The first-order chi connectivity index (χ1) is 7.97. The molecule has 0 radical (unpaired) electrons. The number of halogens is 1. The molecule has 4 nitrogen and oxygen atoms in total. The van der Waals surface area contributed by atoms with Crippen molar-refractivity contribution >= 4 is 5.91 Å². The fourth-order valence-corrected chi connectivity index (χ4v) is 1.41. The van der Waals surface area contributed by atoms with Crippen molar-refractivity contribution in [3.63, 3.8) is 0 Å². The van der Waals surface area contributed by atoms with Crippen molar-refractivity contribution < 1.29 is 14.3 Å². The topological polar surface area (TPSA) is 66.6 Å². The minimum Gasteiger partial charge on any atom is -0.386 e. The van der Waals surface area contributed by atoms with E-state index in [2.05, 4.69) is 0 Å². The van der Waals surface area contributed by atoms with Gasteiger partial charge < -0.3 is 15.7 Å². The van der Waals surface area contributed by atoms with Gasteiger partial charge in [0.15, 0.2) is 0 Å². The molecule has 0 bridgehead atoms. The predicted molar refractivity (Wildman–Crippen MR) is 62.6 cm³/mol. The summed E-state index contributed by atoms with van der Waals surface area (Å²) in [4.78, 5) is 13.2. The Morgan fingerprint density at radius 3 is 2.47 bits per heavy atom. The maximum atomic E-state index is 12.7. The van der Waals surface area contributed by atoms with Crippen LogP contribution in [0.5, 0.6) is 0 Å². The van der Waals surface area contributed by atoms with Gasteiger partial charge in [-0.05, 0) is 24.6 Å². The van der Waals surface area contributed by atoms with Gasteiger partial charge in [-0.15, -0.1) is 0 Å². The molecule has 5 heteroatoms. The first kappa shape index (κ1) is 13.6. The van der Waals surface area contributed by atoms with Crippen molar-refractivity contribution in [3.8, 4) is 0 Å². The van der Waals surface area contributed by atoms with E-state index in [0.29, 0.717) is 12.1 Å². The number of likely N-dealkylation sites (N-methyl/N-ethyl adjacent to an activating group) is 1. The monoisotopic (exact) mass is 240 g/mol. The summed E-state index contributed by atoms with van der Waals surface area (Å²) in [7, 11) is 1.61. The third kappa shape index (κ3) is 3.25. The van der Waals surface area contributed by atoms with Crippen molar-refractivity contribution in [1.29, 1.82) is 0 Å². The molecule has 0 saturated heterocycles. The molecule has 0 saturated carbocycles. The van der Waals surface area contributed by atoms with Crippen molar-refractivity contribution in [3.05, 3.63) is 35.6 Å². The van der Waals surface area contributed by atoms with Crippen LogP contribution in [0.25, 0.3) is 0 Å². The number of nitrogens with zero attached hydrogens (tertiary/aromatic N) is 1. The number of nitrogens with two attached hydrogens (primary N) is 1. The summed E-state index contributed by atoms with van der Waals surface area (Å²) in [5, 5.41) is 9.90. The van der Waals surface area contributed by atoms with E-state index in [-0.39, 0.29) is 5.91 Å². The van der Waals surface area contributed by atoms with Gasteiger partial charge in [0.05, 0.1) is 0 Å². The van der Waals surface area contributed by atoms with Gasteiger partial charge in [-0.3, -0.25) is 4.79 Å². The minimum atomic E-state index is -1.13. The second kappa shape index (κ2) is 5.75. The lowest BCUT2D eigenvalue weighted by molar-refractivity contribution is -0.133. The van der Waals surface area contributed by atoms with E-state index in [1.54, 1.807) is 7.05 Å². The number of aliphatic hydroxyl groups excluding tert-OH is 1. The fraction of sp³-hybridized carbons (Fsp3) is 0.417. The van der Waals surface area contributed by atoms with E-state index in [1.165, 1.54) is 29.2 Å². The van der Waals surface area contributed by atoms with Crippen LogP contribution in [0, 0.1) is 5.82 Å². The lowest BCUT2D eigenvalue weighted by atomic mass is 10.0. The van der Waals surface area contributed by atoms with E-state index in [9.17, 15) is 14.3 Å². The minimum absolute atomic E-state index is 0.343. The van der Waals surface area contributed by atoms with Crippen LogP contribution in [0.15, 0.2) is 24.3 Å². The van der Waals surface area contributed by atoms with Gasteiger partial charge in [-0.2, -0.15) is 0 Å². The highest BCUT2D eigenvalue weighted by Crippen LogP contribution is 2.17. The number of carbonyl (C=O) groups is 1. The number of hydrogen-bond donors (Lipinski definition) is 2. The lowest BCUT2D eigenvalue weighted by Gasteiger charge is -2.23. The number of hydrogen-bond acceptors (Lipinski definition) is 3. The SMILES string of the molecule is CCN(C)C(=O)[C@H](N)[C@@H](O)c1ccc(F)cc1. The first-order valence-corrected chi connectivity index (χ1v) is 5.41. The van der Waals surface area contributed by atoms with Crippen LogP contribution in [0.4, 0.5) is 4.39 Å². The zero-order chi connectivity index (χ0) is 13.0. The number of benzene rings is 1. The molecular formula is C12H17FN2O2. The first-order valence-electron chi connectivity index (χ1n) is 5.41. The van der Waals surface area contributed by atoms with Crippen molar-refractivity contribution in [2.24, 2.45) is 5.73 Å². The van der Waals surface area contributed by atoms with Crippen LogP contribution in [0.3, 0.4) is 0 Å². The van der Waals surface area contributed by atoms with Gasteiger partial charge in [0, 0.05) is 13.6 Å². The van der Waals surface area contributed by atoms with Crippen LogP contribution in [-0.2, 0) is 4.79 Å². The Morgan fingerprint density at radius 2 is 2.00 bits per heavy atom. The molecule has 1 rings (SSSR count). The van der Waals surface area contributed by atoms with Crippen LogP contribution in [0.2, 0.25) is 0 Å². The summed E-state index contributed by atoms with van der Waals surface area (Å²) >= 11 is 0. The molecule has 0 spiro atoms. The summed E-state index contributed by atoms with van der Waals surface area (Å²) in [6.45, 7) is 2.33. The van der Waals surface area contributed by atoms with Crippen LogP contribution < -0.4 is 5.73 Å².